The minimum atomic E-state index is -0.0280. The molecule has 2 saturated heterocycles. The van der Waals surface area contributed by atoms with E-state index in [0.717, 1.165) is 42.5 Å². The van der Waals surface area contributed by atoms with Crippen molar-refractivity contribution in [3.8, 4) is 5.69 Å². The molecule has 0 bridgehead atoms. The molecular weight excluding hydrogens is 418 g/mol. The molecule has 166 valence electrons. The fraction of sp³-hybridized carbons (Fsp3) is 0.360. The number of nitrogens with one attached hydrogen (secondary N) is 1. The van der Waals surface area contributed by atoms with Gasteiger partial charge in [0, 0.05) is 56.7 Å². The summed E-state index contributed by atoms with van der Waals surface area (Å²) in [6, 6.07) is 19.0. The molecule has 0 amide bonds. The van der Waals surface area contributed by atoms with Crippen molar-refractivity contribution in [2.24, 2.45) is 0 Å². The zero-order valence-electron chi connectivity index (χ0n) is 18.5. The second-order valence-electron chi connectivity index (χ2n) is 8.63. The highest BCUT2D eigenvalue weighted by Gasteiger charge is 2.42. The van der Waals surface area contributed by atoms with Crippen LogP contribution in [-0.2, 0) is 4.74 Å². The van der Waals surface area contributed by atoms with Gasteiger partial charge in [0.15, 0.2) is 5.11 Å². The van der Waals surface area contributed by atoms with Gasteiger partial charge in [0.1, 0.15) is 0 Å². The van der Waals surface area contributed by atoms with Crippen molar-refractivity contribution in [3.63, 3.8) is 0 Å². The molecule has 2 fully saturated rings. The standard InChI is InChI=1S/C25H29N5OS/c1-28(2)18-10-12-19(13-11-18)29-15-5-9-22(29)24-23(21-8-3-4-14-26-21)27-25(32)30(24)17-20-7-6-16-31-20/h3-5,8-15,20,23-24H,6-7,16-17H2,1-2H3,(H,27,32)/t20-,23-,24+/m0/s1. The molecule has 3 atom stereocenters. The second kappa shape index (κ2) is 8.92. The van der Waals surface area contributed by atoms with E-state index in [0.29, 0.717) is 0 Å². The Balaban J connectivity index is 1.54. The molecule has 2 aromatic heterocycles. The van der Waals surface area contributed by atoms with Crippen molar-refractivity contribution in [3.05, 3.63) is 78.4 Å². The average Bonchev–Trinajstić information content (AvgIpc) is 3.56. The summed E-state index contributed by atoms with van der Waals surface area (Å²) in [5, 5.41) is 4.32. The van der Waals surface area contributed by atoms with Crippen LogP contribution in [0, 0.1) is 0 Å². The first-order valence-electron chi connectivity index (χ1n) is 11.2. The van der Waals surface area contributed by atoms with Gasteiger partial charge in [-0.2, -0.15) is 0 Å². The smallest absolute Gasteiger partial charge is 0.170 e. The Hall–Kier alpha value is -2.90. The van der Waals surface area contributed by atoms with Gasteiger partial charge in [0.2, 0.25) is 0 Å². The largest absolute Gasteiger partial charge is 0.378 e. The molecule has 1 N–H and O–H groups in total. The van der Waals surface area contributed by atoms with Crippen LogP contribution in [0.1, 0.15) is 36.3 Å². The predicted molar refractivity (Wildman–Crippen MR) is 131 cm³/mol. The van der Waals surface area contributed by atoms with E-state index in [2.05, 4.69) is 87.4 Å². The van der Waals surface area contributed by atoms with Crippen LogP contribution in [0.3, 0.4) is 0 Å². The quantitative estimate of drug-likeness (QED) is 0.575. The van der Waals surface area contributed by atoms with Crippen molar-refractivity contribution < 1.29 is 4.74 Å². The number of pyridine rings is 1. The van der Waals surface area contributed by atoms with Crippen LogP contribution < -0.4 is 10.2 Å². The van der Waals surface area contributed by atoms with Gasteiger partial charge in [-0.3, -0.25) is 4.98 Å². The van der Waals surface area contributed by atoms with E-state index in [1.54, 1.807) is 0 Å². The SMILES string of the molecule is CN(C)c1ccc(-n2cccc2[C@@H]2[C@H](c3ccccn3)NC(=S)N2C[C@@H]2CCCO2)cc1. The van der Waals surface area contributed by atoms with Gasteiger partial charge in [-0.1, -0.05) is 6.07 Å². The van der Waals surface area contributed by atoms with Crippen molar-refractivity contribution in [1.29, 1.82) is 0 Å². The van der Waals surface area contributed by atoms with Crippen LogP contribution in [0.4, 0.5) is 5.69 Å². The van der Waals surface area contributed by atoms with Crippen LogP contribution in [0.2, 0.25) is 0 Å². The Morgan fingerprint density at radius 2 is 1.97 bits per heavy atom. The average molecular weight is 448 g/mol. The Bertz CT molecular complexity index is 1060. The summed E-state index contributed by atoms with van der Waals surface area (Å²) in [7, 11) is 4.11. The first-order valence-corrected chi connectivity index (χ1v) is 11.6. The summed E-state index contributed by atoms with van der Waals surface area (Å²) < 4.78 is 8.23. The number of hydrogen-bond donors (Lipinski definition) is 1. The van der Waals surface area contributed by atoms with Crippen LogP contribution in [-0.4, -0.2) is 52.9 Å². The van der Waals surface area contributed by atoms with Gasteiger partial charge in [-0.05, 0) is 73.6 Å². The lowest BCUT2D eigenvalue weighted by Gasteiger charge is -2.30. The molecule has 2 aliphatic rings. The minimum absolute atomic E-state index is 0.0186. The summed E-state index contributed by atoms with van der Waals surface area (Å²) >= 11 is 5.83. The monoisotopic (exact) mass is 447 g/mol. The first kappa shape index (κ1) is 21.0. The first-order chi connectivity index (χ1) is 15.6. The Morgan fingerprint density at radius 3 is 2.66 bits per heavy atom. The van der Waals surface area contributed by atoms with E-state index in [9.17, 15) is 0 Å². The summed E-state index contributed by atoms with van der Waals surface area (Å²) in [4.78, 5) is 9.07. The number of rotatable bonds is 6. The summed E-state index contributed by atoms with van der Waals surface area (Å²) in [5.41, 5.74) is 4.48. The molecular formula is C25H29N5OS. The van der Waals surface area contributed by atoms with Gasteiger partial charge >= 0.3 is 0 Å². The number of anilines is 1. The van der Waals surface area contributed by atoms with E-state index >= 15 is 0 Å². The molecule has 2 aliphatic heterocycles. The van der Waals surface area contributed by atoms with Crippen molar-refractivity contribution in [2.45, 2.75) is 31.0 Å². The van der Waals surface area contributed by atoms with E-state index in [1.807, 2.05) is 18.3 Å². The molecule has 0 aliphatic carbocycles. The number of benzene rings is 1. The number of ether oxygens (including phenoxy) is 1. The maximum atomic E-state index is 5.96. The highest BCUT2D eigenvalue weighted by Crippen LogP contribution is 2.40. The van der Waals surface area contributed by atoms with E-state index in [1.165, 1.54) is 11.4 Å². The highest BCUT2D eigenvalue weighted by atomic mass is 32.1. The third-order valence-corrected chi connectivity index (χ3v) is 6.70. The van der Waals surface area contributed by atoms with Gasteiger partial charge in [0.05, 0.1) is 23.9 Å². The van der Waals surface area contributed by atoms with Crippen LogP contribution in [0.15, 0.2) is 67.0 Å². The Morgan fingerprint density at radius 1 is 1.12 bits per heavy atom. The normalized spacial score (nSPS) is 22.9. The Kier molecular flexibility index (Phi) is 5.85. The molecule has 1 aromatic carbocycles. The summed E-state index contributed by atoms with van der Waals surface area (Å²) in [5.74, 6) is 0. The Labute approximate surface area is 194 Å². The maximum absolute atomic E-state index is 5.96. The van der Waals surface area contributed by atoms with E-state index in [-0.39, 0.29) is 18.2 Å². The van der Waals surface area contributed by atoms with Gasteiger partial charge < -0.3 is 24.4 Å². The zero-order chi connectivity index (χ0) is 22.1. The molecule has 0 unspecified atom stereocenters. The molecule has 6 nitrogen and oxygen atoms in total. The van der Waals surface area contributed by atoms with Crippen LogP contribution >= 0.6 is 12.2 Å². The molecule has 5 rings (SSSR count). The number of thiocarbonyl (C=S) groups is 1. The number of nitrogens with zero attached hydrogens (tertiary/aromatic N) is 4. The van der Waals surface area contributed by atoms with Crippen molar-refractivity contribution in [1.82, 2.24) is 19.8 Å². The minimum Gasteiger partial charge on any atom is -0.378 e. The lowest BCUT2D eigenvalue weighted by atomic mass is 10.0. The van der Waals surface area contributed by atoms with Gasteiger partial charge in [-0.25, -0.2) is 0 Å². The fourth-order valence-corrected chi connectivity index (χ4v) is 5.03. The lowest BCUT2D eigenvalue weighted by molar-refractivity contribution is 0.0836. The summed E-state index contributed by atoms with van der Waals surface area (Å²) in [6.45, 7) is 1.62. The topological polar surface area (TPSA) is 45.6 Å². The molecule has 0 saturated carbocycles. The zero-order valence-corrected chi connectivity index (χ0v) is 19.3. The molecule has 32 heavy (non-hydrogen) atoms. The number of hydrogen-bond acceptors (Lipinski definition) is 4. The second-order valence-corrected chi connectivity index (χ2v) is 9.01. The third-order valence-electron chi connectivity index (χ3n) is 6.35. The van der Waals surface area contributed by atoms with Crippen LogP contribution in [0.5, 0.6) is 0 Å². The molecule has 3 aromatic rings. The van der Waals surface area contributed by atoms with E-state index < -0.39 is 0 Å². The molecule has 0 radical (unpaired) electrons. The van der Waals surface area contributed by atoms with Gasteiger partial charge in [0.25, 0.3) is 0 Å². The highest BCUT2D eigenvalue weighted by molar-refractivity contribution is 7.80. The lowest BCUT2D eigenvalue weighted by Crippen LogP contribution is -2.36. The van der Waals surface area contributed by atoms with Crippen LogP contribution in [0.25, 0.3) is 5.69 Å². The molecule has 0 spiro atoms. The predicted octanol–water partition coefficient (Wildman–Crippen LogP) is 4.09. The van der Waals surface area contributed by atoms with Crippen molar-refractivity contribution >= 4 is 23.0 Å². The molecule has 4 heterocycles. The molecule has 7 heteroatoms. The maximum Gasteiger partial charge on any atom is 0.170 e. The van der Waals surface area contributed by atoms with E-state index in [4.69, 9.17) is 17.0 Å². The van der Waals surface area contributed by atoms with Gasteiger partial charge in [-0.15, -0.1) is 0 Å². The summed E-state index contributed by atoms with van der Waals surface area (Å²) in [6.07, 6.45) is 6.37. The third kappa shape index (κ3) is 3.98. The number of aromatic nitrogens is 2. The van der Waals surface area contributed by atoms with Crippen molar-refractivity contribution in [2.75, 3.05) is 32.1 Å². The fourth-order valence-electron chi connectivity index (χ4n) is 4.71.